The van der Waals surface area contributed by atoms with Gasteiger partial charge in [-0.25, -0.2) is 13.2 Å². The number of rotatable bonds is 7. The van der Waals surface area contributed by atoms with Crippen LogP contribution in [0.2, 0.25) is 19.6 Å². The molecule has 0 saturated heterocycles. The van der Waals surface area contributed by atoms with Crippen molar-refractivity contribution in [3.05, 3.63) is 488 Å². The SMILES string of the molecule is Cc1ccc(-c2c(C)cccc2C)cc1.Cc1ccc(-c2ccc(F)cc2)cc1.Cc1ccc(-c2cccc(F)c2)cc1.Cc1ccc(-c2cccc(F)c2)cc1.Cc1ccc(-c2ccccc2)cc1C.Cc1ccc(C(C)(C)C)cc1.Cc1ccc(C)c(C)c1.Cc1ccc(C)cc1.Cc1ccc([Si](C)(C)C)cc1.Cc1ccccc1-c1ccncc1. The lowest BCUT2D eigenvalue weighted by Crippen LogP contribution is -2.37. The minimum Gasteiger partial charge on any atom is -0.265 e. The third-order valence-electron chi connectivity index (χ3n) is 20.9. The normalized spacial score (nSPS) is 10.3. The van der Waals surface area contributed by atoms with Crippen LogP contribution in [0.15, 0.2) is 376 Å². The molecular weight excluding hydrogens is 1520 g/mol. The van der Waals surface area contributed by atoms with Crippen molar-refractivity contribution in [1.82, 2.24) is 4.98 Å². The van der Waals surface area contributed by atoms with Gasteiger partial charge in [0.1, 0.15) is 17.5 Å². The number of pyridine rings is 1. The second-order valence-electron chi connectivity index (χ2n) is 33.9. The van der Waals surface area contributed by atoms with Gasteiger partial charge in [0, 0.05) is 12.4 Å². The van der Waals surface area contributed by atoms with Gasteiger partial charge >= 0.3 is 0 Å². The summed E-state index contributed by atoms with van der Waals surface area (Å²) in [7, 11) is -1.06. The van der Waals surface area contributed by atoms with Crippen molar-refractivity contribution in [3.63, 3.8) is 0 Å². The lowest BCUT2D eigenvalue weighted by molar-refractivity contribution is 0.590. The molecule has 0 radical (unpaired) electrons. The van der Waals surface area contributed by atoms with E-state index in [1.165, 1.54) is 152 Å². The van der Waals surface area contributed by atoms with Crippen LogP contribution < -0.4 is 5.19 Å². The summed E-state index contributed by atoms with van der Waals surface area (Å²) in [6, 6.07) is 121. The standard InChI is InChI=1S/C15H16.C14H14.3C13H11F.C12H11N.C11H16.C10H16Si.C9H12.C8H10/c1-11-7-9-14(10-8-11)15-12(2)5-4-6-13(15)3;1-11-8-9-14(10-12(11)2)13-6-4-3-5-7-13;1-10-2-4-11(5-3-10)12-6-8-13(14)9-7-12;2*1-10-5-7-11(8-6-10)12-3-2-4-13(14)9-12;1-10-4-2-3-5-12(10)11-6-8-13-9-7-11;2*1-9-5-7-10(8-6-9)11(2,3)4;1-7-4-5-8(2)9(3)6-7;1-7-3-5-8(2)6-4-7/h4-10H,1-3H3;3-10H,1-2H3;3*2-9H,1H3;2-9H,1H3;2*5-8H,1-4H3;4-6H,1-3H3;3-6H,1-2H3. The monoisotopic (exact) mass is 1640 g/mol. The highest BCUT2D eigenvalue weighted by atomic mass is 28.3. The van der Waals surface area contributed by atoms with E-state index in [2.05, 4.69) is 355 Å². The fourth-order valence-corrected chi connectivity index (χ4v) is 14.0. The topological polar surface area (TPSA) is 12.9 Å². The van der Waals surface area contributed by atoms with Gasteiger partial charge in [0.05, 0.1) is 8.07 Å². The fraction of sp³-hybridized carbons (Fsp3) is 0.195. The number of nitrogens with zero attached hydrogens (tertiary/aromatic N) is 1. The highest BCUT2D eigenvalue weighted by Gasteiger charge is 2.16. The molecule has 0 fully saturated rings. The Labute approximate surface area is 738 Å². The molecule has 16 rings (SSSR count). The number of aromatic nitrogens is 1. The van der Waals surface area contributed by atoms with Crippen LogP contribution in [0.25, 0.3) is 66.8 Å². The van der Waals surface area contributed by atoms with E-state index in [1.807, 2.05) is 117 Å². The molecule has 1 aromatic heterocycles. The Hall–Kier alpha value is -12.5. The summed E-state index contributed by atoms with van der Waals surface area (Å²) in [4.78, 5) is 4.00. The maximum Gasteiger partial charge on any atom is 0.123 e. The van der Waals surface area contributed by atoms with Crippen molar-refractivity contribution in [3.8, 4) is 66.8 Å². The zero-order valence-electron chi connectivity index (χ0n) is 76.9. The summed E-state index contributed by atoms with van der Waals surface area (Å²) in [6.07, 6.45) is 3.64. The van der Waals surface area contributed by atoms with Gasteiger partial charge in [0.15, 0.2) is 0 Å². The Balaban J connectivity index is 0.000000189. The predicted molar refractivity (Wildman–Crippen MR) is 532 cm³/mol. The molecule has 0 spiro atoms. The van der Waals surface area contributed by atoms with Crippen LogP contribution >= 0.6 is 0 Å². The number of benzene rings is 15. The van der Waals surface area contributed by atoms with E-state index in [-0.39, 0.29) is 22.9 Å². The van der Waals surface area contributed by atoms with Crippen molar-refractivity contribution in [2.24, 2.45) is 0 Å². The Kier molecular flexibility index (Phi) is 39.2. The minimum atomic E-state index is -1.06. The lowest BCUT2D eigenvalue weighted by Gasteiger charge is -2.18. The van der Waals surface area contributed by atoms with E-state index in [1.54, 1.807) is 41.6 Å². The zero-order chi connectivity index (χ0) is 89.6. The third-order valence-corrected chi connectivity index (χ3v) is 23.0. The van der Waals surface area contributed by atoms with Gasteiger partial charge in [0.25, 0.3) is 0 Å². The Morgan fingerprint density at radius 2 is 0.512 bits per heavy atom. The number of hydrogen-bond acceptors (Lipinski definition) is 1. The first kappa shape index (κ1) is 97.6. The van der Waals surface area contributed by atoms with Gasteiger partial charge in [-0.15, -0.1) is 0 Å². The lowest BCUT2D eigenvalue weighted by atomic mass is 9.87. The van der Waals surface area contributed by atoms with E-state index in [0.29, 0.717) is 0 Å². The van der Waals surface area contributed by atoms with Crippen LogP contribution in [-0.2, 0) is 5.41 Å². The van der Waals surface area contributed by atoms with Gasteiger partial charge in [0.2, 0.25) is 0 Å². The Morgan fingerprint density at radius 3 is 0.894 bits per heavy atom. The van der Waals surface area contributed by atoms with E-state index in [4.69, 9.17) is 0 Å². The number of aryl methyl sites for hydroxylation is 16. The first-order chi connectivity index (χ1) is 58.6. The van der Waals surface area contributed by atoms with Gasteiger partial charge in [-0.05, 0) is 276 Å². The molecule has 123 heavy (non-hydrogen) atoms. The first-order valence-electron chi connectivity index (χ1n) is 42.5. The van der Waals surface area contributed by atoms with Gasteiger partial charge in [-0.3, -0.25) is 4.98 Å². The predicted octanol–water partition coefficient (Wildman–Crippen LogP) is 33.5. The molecule has 0 atom stereocenters. The van der Waals surface area contributed by atoms with Crippen LogP contribution in [0.4, 0.5) is 13.2 Å². The van der Waals surface area contributed by atoms with Crippen molar-refractivity contribution >= 4 is 13.3 Å². The molecule has 0 saturated carbocycles. The second-order valence-corrected chi connectivity index (χ2v) is 39.0. The van der Waals surface area contributed by atoms with Gasteiger partial charge < -0.3 is 0 Å². The summed E-state index contributed by atoms with van der Waals surface area (Å²) >= 11 is 0. The fourth-order valence-electron chi connectivity index (χ4n) is 12.8. The van der Waals surface area contributed by atoms with Crippen molar-refractivity contribution in [2.45, 2.75) is 157 Å². The molecule has 630 valence electrons. The summed E-state index contributed by atoms with van der Waals surface area (Å²) in [5, 5.41) is 1.54. The van der Waals surface area contributed by atoms with Gasteiger partial charge in [-0.1, -0.05) is 411 Å². The summed E-state index contributed by atoms with van der Waals surface area (Å²) < 4.78 is 38.5. The Morgan fingerprint density at radius 1 is 0.211 bits per heavy atom. The molecule has 0 N–H and O–H groups in total. The largest absolute Gasteiger partial charge is 0.265 e. The number of hydrogen-bond donors (Lipinski definition) is 0. The van der Waals surface area contributed by atoms with Crippen LogP contribution in [0, 0.1) is 128 Å². The molecule has 0 bridgehead atoms. The average molecular weight is 1650 g/mol. The highest BCUT2D eigenvalue weighted by molar-refractivity contribution is 6.88. The molecule has 1 nitrogen and oxygen atoms in total. The second kappa shape index (κ2) is 49.4. The maximum absolute atomic E-state index is 12.9. The molecule has 16 aromatic rings. The summed E-state index contributed by atoms with van der Waals surface area (Å²) in [5.41, 5.74) is 36.7. The third kappa shape index (κ3) is 34.8. The van der Waals surface area contributed by atoms with Crippen molar-refractivity contribution < 1.29 is 13.2 Å². The highest BCUT2D eigenvalue weighted by Crippen LogP contribution is 2.30. The van der Waals surface area contributed by atoms with Crippen LogP contribution in [0.1, 0.15) is 115 Å². The molecule has 15 aromatic carbocycles. The zero-order valence-corrected chi connectivity index (χ0v) is 77.9. The summed E-state index contributed by atoms with van der Waals surface area (Å²) in [6.45, 7) is 47.7. The molecular formula is C118H128F3NSi. The molecule has 0 aliphatic rings. The quantitative estimate of drug-likeness (QED) is 0.145. The average Bonchev–Trinajstić information content (AvgIpc) is 0.820. The minimum absolute atomic E-state index is 0.192. The van der Waals surface area contributed by atoms with E-state index < -0.39 is 8.07 Å². The van der Waals surface area contributed by atoms with Crippen molar-refractivity contribution in [1.29, 1.82) is 0 Å². The molecule has 0 aliphatic heterocycles. The van der Waals surface area contributed by atoms with E-state index >= 15 is 0 Å². The first-order valence-corrected chi connectivity index (χ1v) is 46.0. The maximum atomic E-state index is 12.9. The van der Waals surface area contributed by atoms with Gasteiger partial charge in [-0.2, -0.15) is 0 Å². The molecule has 5 heteroatoms. The van der Waals surface area contributed by atoms with Crippen molar-refractivity contribution in [2.75, 3.05) is 0 Å². The van der Waals surface area contributed by atoms with Crippen LogP contribution in [0.5, 0.6) is 0 Å². The molecule has 1 heterocycles. The van der Waals surface area contributed by atoms with Crippen LogP contribution in [0.3, 0.4) is 0 Å². The Bertz CT molecular complexity index is 5540. The molecule has 0 amide bonds. The van der Waals surface area contributed by atoms with E-state index in [0.717, 1.165) is 33.4 Å². The molecule has 0 aliphatic carbocycles. The van der Waals surface area contributed by atoms with E-state index in [9.17, 15) is 13.2 Å². The smallest absolute Gasteiger partial charge is 0.123 e. The number of halogens is 3. The summed E-state index contributed by atoms with van der Waals surface area (Å²) in [5.74, 6) is -0.577. The molecule has 0 unspecified atom stereocenters. The van der Waals surface area contributed by atoms with Crippen LogP contribution in [-0.4, -0.2) is 13.1 Å².